The highest BCUT2D eigenvalue weighted by atomic mass is 35.5. The summed E-state index contributed by atoms with van der Waals surface area (Å²) in [6, 6.07) is 14.1. The van der Waals surface area contributed by atoms with Crippen LogP contribution in [0.3, 0.4) is 0 Å². The molecule has 0 saturated heterocycles. The molecule has 0 atom stereocenters. The van der Waals surface area contributed by atoms with Gasteiger partial charge in [0.15, 0.2) is 5.69 Å². The molecule has 0 unspecified atom stereocenters. The normalized spacial score (nSPS) is 11.6. The van der Waals surface area contributed by atoms with E-state index in [2.05, 4.69) is 15.6 Å². The molecular weight excluding hydrogens is 352 g/mol. The SMILES string of the molecule is CCn1nc(C(=O)N/N=C(/C)c2ccc(Cl)cc2)c2ccccc2c1=O. The van der Waals surface area contributed by atoms with Crippen LogP contribution in [0.4, 0.5) is 0 Å². The van der Waals surface area contributed by atoms with Crippen molar-refractivity contribution in [2.24, 2.45) is 5.10 Å². The Balaban J connectivity index is 1.95. The van der Waals surface area contributed by atoms with Gasteiger partial charge in [-0.25, -0.2) is 10.1 Å². The first kappa shape index (κ1) is 17.8. The molecule has 3 rings (SSSR count). The Hall–Kier alpha value is -2.99. The monoisotopic (exact) mass is 368 g/mol. The number of hydrogen-bond acceptors (Lipinski definition) is 4. The van der Waals surface area contributed by atoms with Crippen LogP contribution in [0.25, 0.3) is 10.8 Å². The average molecular weight is 369 g/mol. The number of rotatable bonds is 4. The Bertz CT molecular complexity index is 1060. The average Bonchev–Trinajstić information content (AvgIpc) is 2.67. The van der Waals surface area contributed by atoms with E-state index >= 15 is 0 Å². The molecule has 0 spiro atoms. The Morgan fingerprint density at radius 3 is 2.46 bits per heavy atom. The summed E-state index contributed by atoms with van der Waals surface area (Å²) in [5, 5.41) is 9.90. The summed E-state index contributed by atoms with van der Waals surface area (Å²) in [7, 11) is 0. The predicted octanol–water partition coefficient (Wildman–Crippen LogP) is 3.22. The number of fused-ring (bicyclic) bond motifs is 1. The van der Waals surface area contributed by atoms with Crippen molar-refractivity contribution in [1.29, 1.82) is 0 Å². The largest absolute Gasteiger partial charge is 0.292 e. The maximum atomic E-state index is 12.6. The van der Waals surface area contributed by atoms with Crippen LogP contribution in [0.15, 0.2) is 58.4 Å². The second-order valence-electron chi connectivity index (χ2n) is 5.66. The lowest BCUT2D eigenvalue weighted by Crippen LogP contribution is -2.28. The molecule has 7 heteroatoms. The first-order valence-electron chi connectivity index (χ1n) is 8.11. The molecule has 0 saturated carbocycles. The van der Waals surface area contributed by atoms with E-state index in [1.807, 2.05) is 12.1 Å². The highest BCUT2D eigenvalue weighted by molar-refractivity contribution is 6.30. The minimum atomic E-state index is -0.475. The number of aromatic nitrogens is 2. The molecule has 3 aromatic rings. The molecule has 1 heterocycles. The van der Waals surface area contributed by atoms with Crippen LogP contribution in [0.1, 0.15) is 29.9 Å². The zero-order chi connectivity index (χ0) is 18.7. The fraction of sp³-hybridized carbons (Fsp3) is 0.158. The third-order valence-corrected chi connectivity index (χ3v) is 4.22. The van der Waals surface area contributed by atoms with E-state index in [0.29, 0.717) is 28.1 Å². The van der Waals surface area contributed by atoms with Crippen molar-refractivity contribution in [3.8, 4) is 0 Å². The molecule has 2 aromatic carbocycles. The molecule has 1 aromatic heterocycles. The number of hydrogen-bond donors (Lipinski definition) is 1. The number of nitrogens with zero attached hydrogens (tertiary/aromatic N) is 3. The number of carbonyl (C=O) groups is 1. The summed E-state index contributed by atoms with van der Waals surface area (Å²) in [6.07, 6.45) is 0. The summed E-state index contributed by atoms with van der Waals surface area (Å²) in [5.41, 5.74) is 3.92. The summed E-state index contributed by atoms with van der Waals surface area (Å²) in [6.45, 7) is 3.95. The van der Waals surface area contributed by atoms with Crippen LogP contribution in [0.5, 0.6) is 0 Å². The Labute approximate surface area is 155 Å². The van der Waals surface area contributed by atoms with E-state index < -0.39 is 5.91 Å². The Morgan fingerprint density at radius 2 is 1.81 bits per heavy atom. The third-order valence-electron chi connectivity index (χ3n) is 3.97. The minimum absolute atomic E-state index is 0.162. The second-order valence-corrected chi connectivity index (χ2v) is 6.10. The van der Waals surface area contributed by atoms with Crippen molar-refractivity contribution in [2.45, 2.75) is 20.4 Å². The van der Waals surface area contributed by atoms with Gasteiger partial charge in [-0.2, -0.15) is 10.2 Å². The van der Waals surface area contributed by atoms with Gasteiger partial charge in [0.2, 0.25) is 0 Å². The molecule has 1 N–H and O–H groups in total. The zero-order valence-corrected chi connectivity index (χ0v) is 15.1. The van der Waals surface area contributed by atoms with Crippen LogP contribution >= 0.6 is 11.6 Å². The molecule has 0 fully saturated rings. The predicted molar refractivity (Wildman–Crippen MR) is 103 cm³/mol. The molecule has 1 amide bonds. The van der Waals surface area contributed by atoms with Gasteiger partial charge in [0, 0.05) is 17.0 Å². The van der Waals surface area contributed by atoms with E-state index in [4.69, 9.17) is 11.6 Å². The third kappa shape index (κ3) is 3.50. The molecule has 26 heavy (non-hydrogen) atoms. The van der Waals surface area contributed by atoms with E-state index in [9.17, 15) is 9.59 Å². The quantitative estimate of drug-likeness (QED) is 0.567. The maximum absolute atomic E-state index is 12.6. The van der Waals surface area contributed by atoms with E-state index in [1.165, 1.54) is 4.68 Å². The second kappa shape index (κ2) is 7.49. The highest BCUT2D eigenvalue weighted by Crippen LogP contribution is 2.13. The van der Waals surface area contributed by atoms with Gasteiger partial charge in [0.05, 0.1) is 11.1 Å². The Morgan fingerprint density at radius 1 is 1.15 bits per heavy atom. The number of aryl methyl sites for hydroxylation is 1. The van der Waals surface area contributed by atoms with Gasteiger partial charge >= 0.3 is 0 Å². The van der Waals surface area contributed by atoms with Crippen molar-refractivity contribution >= 4 is 34.0 Å². The van der Waals surface area contributed by atoms with Gasteiger partial charge in [0.25, 0.3) is 11.5 Å². The summed E-state index contributed by atoms with van der Waals surface area (Å²) < 4.78 is 1.27. The van der Waals surface area contributed by atoms with Gasteiger partial charge in [-0.05, 0) is 37.6 Å². The highest BCUT2D eigenvalue weighted by Gasteiger charge is 2.16. The zero-order valence-electron chi connectivity index (χ0n) is 14.4. The standard InChI is InChI=1S/C19H17ClN4O2/c1-3-24-19(26)16-7-5-4-6-15(16)17(23-24)18(25)22-21-12(2)13-8-10-14(20)11-9-13/h4-11H,3H2,1-2H3,(H,22,25)/b21-12-. The molecule has 0 radical (unpaired) electrons. The van der Waals surface area contributed by atoms with Crippen molar-refractivity contribution in [1.82, 2.24) is 15.2 Å². The molecule has 0 aliphatic heterocycles. The molecular formula is C19H17ClN4O2. The Kier molecular flexibility index (Phi) is 5.14. The summed E-state index contributed by atoms with van der Waals surface area (Å²) >= 11 is 5.87. The first-order valence-corrected chi connectivity index (χ1v) is 8.49. The van der Waals surface area contributed by atoms with Crippen molar-refractivity contribution in [3.63, 3.8) is 0 Å². The molecule has 0 bridgehead atoms. The van der Waals surface area contributed by atoms with Crippen molar-refractivity contribution < 1.29 is 4.79 Å². The summed E-state index contributed by atoms with van der Waals surface area (Å²) in [4.78, 5) is 25.0. The fourth-order valence-electron chi connectivity index (χ4n) is 2.56. The molecule has 6 nitrogen and oxygen atoms in total. The lowest BCUT2D eigenvalue weighted by atomic mass is 10.1. The number of carbonyl (C=O) groups excluding carboxylic acids is 1. The van der Waals surface area contributed by atoms with Crippen LogP contribution in [0.2, 0.25) is 5.02 Å². The van der Waals surface area contributed by atoms with Crippen LogP contribution in [-0.4, -0.2) is 21.4 Å². The lowest BCUT2D eigenvalue weighted by Gasteiger charge is -2.09. The summed E-state index contributed by atoms with van der Waals surface area (Å²) in [5.74, 6) is -0.475. The van der Waals surface area contributed by atoms with Crippen LogP contribution in [-0.2, 0) is 6.54 Å². The molecule has 0 aliphatic carbocycles. The number of halogens is 1. The lowest BCUT2D eigenvalue weighted by molar-refractivity contribution is 0.0949. The van der Waals surface area contributed by atoms with Gasteiger partial charge in [-0.1, -0.05) is 41.9 Å². The molecule has 132 valence electrons. The van der Waals surface area contributed by atoms with E-state index in [1.54, 1.807) is 50.2 Å². The van der Waals surface area contributed by atoms with Gasteiger partial charge < -0.3 is 0 Å². The van der Waals surface area contributed by atoms with Gasteiger partial charge in [-0.15, -0.1) is 0 Å². The van der Waals surface area contributed by atoms with Gasteiger partial charge in [-0.3, -0.25) is 9.59 Å². The smallest absolute Gasteiger partial charge is 0.267 e. The van der Waals surface area contributed by atoms with Crippen molar-refractivity contribution in [2.75, 3.05) is 0 Å². The number of nitrogens with one attached hydrogen (secondary N) is 1. The number of amides is 1. The number of hydrazone groups is 1. The topological polar surface area (TPSA) is 76.3 Å². The maximum Gasteiger partial charge on any atom is 0.292 e. The first-order chi connectivity index (χ1) is 12.5. The van der Waals surface area contributed by atoms with E-state index in [0.717, 1.165) is 5.56 Å². The van der Waals surface area contributed by atoms with Crippen LogP contribution < -0.4 is 11.0 Å². The minimum Gasteiger partial charge on any atom is -0.267 e. The van der Waals surface area contributed by atoms with Gasteiger partial charge in [0.1, 0.15) is 0 Å². The fourth-order valence-corrected chi connectivity index (χ4v) is 2.69. The van der Waals surface area contributed by atoms with Crippen molar-refractivity contribution in [3.05, 3.63) is 75.2 Å². The number of benzene rings is 2. The molecule has 0 aliphatic rings. The van der Waals surface area contributed by atoms with Crippen LogP contribution in [0, 0.1) is 0 Å². The van der Waals surface area contributed by atoms with E-state index in [-0.39, 0.29) is 11.3 Å².